The lowest BCUT2D eigenvalue weighted by Crippen LogP contribution is -2.16. The molecule has 0 unspecified atom stereocenters. The summed E-state index contributed by atoms with van der Waals surface area (Å²) in [6.07, 6.45) is -3.30. The van der Waals surface area contributed by atoms with Crippen LogP contribution in [0, 0.1) is 0 Å². The van der Waals surface area contributed by atoms with Crippen LogP contribution in [0.1, 0.15) is 18.9 Å². The highest BCUT2D eigenvalue weighted by molar-refractivity contribution is 5.86. The zero-order valence-electron chi connectivity index (χ0n) is 15.2. The highest BCUT2D eigenvalue weighted by Gasteiger charge is 2.30. The molecule has 0 fully saturated rings. The summed E-state index contributed by atoms with van der Waals surface area (Å²) in [5.41, 5.74) is 2.43. The van der Waals surface area contributed by atoms with Gasteiger partial charge in [0.15, 0.2) is 0 Å². The van der Waals surface area contributed by atoms with Crippen molar-refractivity contribution in [1.82, 2.24) is 0 Å². The number of azo groups is 1. The molecular weight excluding hydrogens is 373 g/mol. The average molecular weight is 392 g/mol. The standard InChI is InChI=1S/C20H19F3N2O3/c1-14(2)19(26)27-13-3-4-15-5-7-16(8-6-15)24-25-17-9-11-18(12-10-17)28-20(21,22)23/h5-12H,1,3-4,13H2,2H3. The van der Waals surface area contributed by atoms with Crippen molar-refractivity contribution in [3.8, 4) is 5.75 Å². The Bertz CT molecular complexity index is 829. The van der Waals surface area contributed by atoms with E-state index in [1.54, 1.807) is 19.1 Å². The Kier molecular flexibility index (Phi) is 7.31. The molecule has 0 aliphatic rings. The monoisotopic (exact) mass is 392 g/mol. The minimum Gasteiger partial charge on any atom is -0.462 e. The average Bonchev–Trinajstić information content (AvgIpc) is 2.64. The molecule has 28 heavy (non-hydrogen) atoms. The van der Waals surface area contributed by atoms with Crippen molar-refractivity contribution in [3.05, 3.63) is 66.2 Å². The Hall–Kier alpha value is -3.16. The molecule has 0 spiro atoms. The molecule has 0 heterocycles. The van der Waals surface area contributed by atoms with Crippen molar-refractivity contribution in [2.45, 2.75) is 26.1 Å². The number of esters is 1. The number of nitrogens with zero attached hydrogens (tertiary/aromatic N) is 2. The van der Waals surface area contributed by atoms with E-state index in [1.807, 2.05) is 12.1 Å². The fourth-order valence-corrected chi connectivity index (χ4v) is 2.12. The number of hydrogen-bond acceptors (Lipinski definition) is 5. The first-order chi connectivity index (χ1) is 13.2. The molecule has 0 aliphatic heterocycles. The molecule has 0 amide bonds. The SMILES string of the molecule is C=C(C)C(=O)OCCCc1ccc(N=Nc2ccc(OC(F)(F)F)cc2)cc1. The summed E-state index contributed by atoms with van der Waals surface area (Å²) in [6, 6.07) is 12.4. The Morgan fingerprint density at radius 2 is 1.54 bits per heavy atom. The molecule has 148 valence electrons. The molecule has 0 saturated heterocycles. The third kappa shape index (κ3) is 7.61. The van der Waals surface area contributed by atoms with Gasteiger partial charge in [-0.25, -0.2) is 4.79 Å². The van der Waals surface area contributed by atoms with Gasteiger partial charge in [0.05, 0.1) is 18.0 Å². The topological polar surface area (TPSA) is 60.2 Å². The van der Waals surface area contributed by atoms with Gasteiger partial charge in [-0.2, -0.15) is 10.2 Å². The quantitative estimate of drug-likeness (QED) is 0.238. The number of ether oxygens (including phenoxy) is 2. The summed E-state index contributed by atoms with van der Waals surface area (Å²) in [7, 11) is 0. The predicted molar refractivity (Wildman–Crippen MR) is 97.8 cm³/mol. The Balaban J connectivity index is 1.83. The lowest BCUT2D eigenvalue weighted by Gasteiger charge is -2.08. The van der Waals surface area contributed by atoms with Crippen molar-refractivity contribution in [1.29, 1.82) is 0 Å². The number of rotatable bonds is 8. The van der Waals surface area contributed by atoms with Gasteiger partial charge >= 0.3 is 12.3 Å². The third-order valence-electron chi connectivity index (χ3n) is 3.48. The molecule has 2 aromatic rings. The molecule has 0 N–H and O–H groups in total. The summed E-state index contributed by atoms with van der Waals surface area (Å²) in [5.74, 6) is -0.710. The lowest BCUT2D eigenvalue weighted by molar-refractivity contribution is -0.274. The van der Waals surface area contributed by atoms with Gasteiger partial charge in [-0.05, 0) is 61.7 Å². The first kappa shape index (κ1) is 21.1. The maximum atomic E-state index is 12.1. The minimum atomic E-state index is -4.73. The number of alkyl halides is 3. The molecule has 5 nitrogen and oxygen atoms in total. The van der Waals surface area contributed by atoms with Gasteiger partial charge in [0.2, 0.25) is 0 Å². The number of aryl methyl sites for hydroxylation is 1. The predicted octanol–water partition coefficient (Wildman–Crippen LogP) is 6.05. The molecule has 0 saturated carbocycles. The lowest BCUT2D eigenvalue weighted by atomic mass is 10.1. The van der Waals surface area contributed by atoms with Crippen LogP contribution in [0.25, 0.3) is 0 Å². The van der Waals surface area contributed by atoms with Gasteiger partial charge in [-0.1, -0.05) is 18.7 Å². The van der Waals surface area contributed by atoms with E-state index in [0.717, 1.165) is 12.0 Å². The number of halogens is 3. The fourth-order valence-electron chi connectivity index (χ4n) is 2.12. The number of benzene rings is 2. The van der Waals surface area contributed by atoms with E-state index in [-0.39, 0.29) is 5.75 Å². The van der Waals surface area contributed by atoms with Gasteiger partial charge in [0.25, 0.3) is 0 Å². The maximum Gasteiger partial charge on any atom is 0.573 e. The Morgan fingerprint density at radius 1 is 1.00 bits per heavy atom. The highest BCUT2D eigenvalue weighted by atomic mass is 19.4. The van der Waals surface area contributed by atoms with E-state index in [9.17, 15) is 18.0 Å². The zero-order valence-corrected chi connectivity index (χ0v) is 15.2. The molecule has 0 bridgehead atoms. The Morgan fingerprint density at radius 3 is 2.04 bits per heavy atom. The third-order valence-corrected chi connectivity index (χ3v) is 3.48. The van der Waals surface area contributed by atoms with Crippen molar-refractivity contribution in [2.75, 3.05) is 6.61 Å². The molecule has 0 atom stereocenters. The number of hydrogen-bond donors (Lipinski definition) is 0. The van der Waals surface area contributed by atoms with Crippen molar-refractivity contribution in [3.63, 3.8) is 0 Å². The van der Waals surface area contributed by atoms with Crippen LogP contribution in [-0.2, 0) is 16.0 Å². The van der Waals surface area contributed by atoms with Crippen LogP contribution in [0.5, 0.6) is 5.75 Å². The van der Waals surface area contributed by atoms with E-state index in [1.165, 1.54) is 24.3 Å². The number of carbonyl (C=O) groups is 1. The fraction of sp³-hybridized carbons (Fsp3) is 0.250. The van der Waals surface area contributed by atoms with Gasteiger partial charge in [-0.15, -0.1) is 13.2 Å². The second kappa shape index (κ2) is 9.68. The summed E-state index contributed by atoms with van der Waals surface area (Å²) in [6.45, 7) is 5.43. The largest absolute Gasteiger partial charge is 0.573 e. The van der Waals surface area contributed by atoms with Crippen molar-refractivity contribution in [2.24, 2.45) is 10.2 Å². The van der Waals surface area contributed by atoms with E-state index in [0.29, 0.717) is 30.0 Å². The van der Waals surface area contributed by atoms with Crippen LogP contribution >= 0.6 is 0 Å². The van der Waals surface area contributed by atoms with Crippen LogP contribution in [0.3, 0.4) is 0 Å². The van der Waals surface area contributed by atoms with Gasteiger partial charge < -0.3 is 9.47 Å². The van der Waals surface area contributed by atoms with Crippen molar-refractivity contribution < 1.29 is 27.4 Å². The van der Waals surface area contributed by atoms with Gasteiger partial charge in [0.1, 0.15) is 5.75 Å². The zero-order chi connectivity index (χ0) is 20.6. The summed E-state index contributed by atoms with van der Waals surface area (Å²) in [4.78, 5) is 11.3. The highest BCUT2D eigenvalue weighted by Crippen LogP contribution is 2.26. The van der Waals surface area contributed by atoms with Gasteiger partial charge in [0, 0.05) is 5.57 Å². The first-order valence-corrected chi connectivity index (χ1v) is 8.42. The molecule has 0 aromatic heterocycles. The minimum absolute atomic E-state index is 0.315. The van der Waals surface area contributed by atoms with E-state index in [4.69, 9.17) is 4.74 Å². The normalized spacial score (nSPS) is 11.4. The summed E-state index contributed by atoms with van der Waals surface area (Å²) >= 11 is 0. The van der Waals surface area contributed by atoms with Crippen LogP contribution in [0.15, 0.2) is 70.9 Å². The van der Waals surface area contributed by atoms with E-state index < -0.39 is 12.3 Å². The number of carbonyl (C=O) groups excluding carboxylic acids is 1. The summed E-state index contributed by atoms with van der Waals surface area (Å²) < 4.78 is 45.2. The molecular formula is C20H19F3N2O3. The van der Waals surface area contributed by atoms with Crippen LogP contribution in [0.2, 0.25) is 0 Å². The van der Waals surface area contributed by atoms with Crippen LogP contribution < -0.4 is 4.74 Å². The molecule has 0 aliphatic carbocycles. The molecule has 2 aromatic carbocycles. The Labute approximate surface area is 160 Å². The summed E-state index contributed by atoms with van der Waals surface area (Å²) in [5, 5.41) is 8.02. The molecule has 0 radical (unpaired) electrons. The van der Waals surface area contributed by atoms with Crippen LogP contribution in [0.4, 0.5) is 24.5 Å². The molecule has 8 heteroatoms. The first-order valence-electron chi connectivity index (χ1n) is 8.42. The van der Waals surface area contributed by atoms with Crippen molar-refractivity contribution >= 4 is 17.3 Å². The second-order valence-electron chi connectivity index (χ2n) is 5.93. The van der Waals surface area contributed by atoms with E-state index >= 15 is 0 Å². The van der Waals surface area contributed by atoms with Crippen LogP contribution in [-0.4, -0.2) is 18.9 Å². The molecule has 2 rings (SSSR count). The van der Waals surface area contributed by atoms with Gasteiger partial charge in [-0.3, -0.25) is 0 Å². The smallest absolute Gasteiger partial charge is 0.462 e. The van der Waals surface area contributed by atoms with E-state index in [2.05, 4.69) is 21.5 Å². The second-order valence-corrected chi connectivity index (χ2v) is 5.93. The maximum absolute atomic E-state index is 12.1.